The molecule has 0 saturated carbocycles. The number of aliphatic hydroxyl groups is 1. The van der Waals surface area contributed by atoms with E-state index in [-0.39, 0.29) is 28.6 Å². The summed E-state index contributed by atoms with van der Waals surface area (Å²) in [6.07, 6.45) is -0.971. The fraction of sp³-hybridized carbons (Fsp3) is 0.450. The standard InChI is InChI=1S/C20H23Cl2N3O8/c1-9(27)16(24-18(31)10-5-12(21)17(30)13(22)6-10)20(33)25-4-2-3-14(25)19(32)23-11(8-26)7-15(28)29/h5-6,8-9,11,14,16,27,30H,2-4,7H2,1H3,(H,23,32)(H,24,31)(H,28,29)/t9-,11?,14?,16+/m1/s1. The van der Waals surface area contributed by atoms with Crippen LogP contribution in [-0.4, -0.2) is 81.0 Å². The van der Waals surface area contributed by atoms with Crippen molar-refractivity contribution in [3.05, 3.63) is 27.7 Å². The lowest BCUT2D eigenvalue weighted by molar-refractivity contribution is -0.143. The van der Waals surface area contributed by atoms with Crippen molar-refractivity contribution in [1.29, 1.82) is 0 Å². The molecule has 13 heteroatoms. The molecular weight excluding hydrogens is 481 g/mol. The Morgan fingerprint density at radius 2 is 1.82 bits per heavy atom. The molecule has 5 N–H and O–H groups in total. The highest BCUT2D eigenvalue weighted by atomic mass is 35.5. The summed E-state index contributed by atoms with van der Waals surface area (Å²) in [6, 6.07) is -1.43. The molecule has 0 radical (unpaired) electrons. The van der Waals surface area contributed by atoms with E-state index >= 15 is 0 Å². The van der Waals surface area contributed by atoms with Crippen LogP contribution in [0.4, 0.5) is 0 Å². The number of nitrogens with one attached hydrogen (secondary N) is 2. The Bertz CT molecular complexity index is 932. The highest BCUT2D eigenvalue weighted by Crippen LogP contribution is 2.32. The van der Waals surface area contributed by atoms with Crippen LogP contribution >= 0.6 is 23.2 Å². The van der Waals surface area contributed by atoms with Crippen molar-refractivity contribution in [2.45, 2.75) is 50.4 Å². The maximum atomic E-state index is 13.1. The zero-order valence-corrected chi connectivity index (χ0v) is 19.0. The third-order valence-electron chi connectivity index (χ3n) is 5.04. The van der Waals surface area contributed by atoms with Gasteiger partial charge in [0.25, 0.3) is 5.91 Å². The third kappa shape index (κ3) is 6.56. The fourth-order valence-corrected chi connectivity index (χ4v) is 3.88. The second-order valence-electron chi connectivity index (χ2n) is 7.52. The van der Waals surface area contributed by atoms with Gasteiger partial charge in [0.15, 0.2) is 5.75 Å². The number of carboxylic acids is 1. The number of likely N-dealkylation sites (tertiary alicyclic amines) is 1. The van der Waals surface area contributed by atoms with Crippen LogP contribution in [-0.2, 0) is 19.2 Å². The van der Waals surface area contributed by atoms with Gasteiger partial charge in [-0.1, -0.05) is 23.2 Å². The van der Waals surface area contributed by atoms with Crippen LogP contribution in [0.2, 0.25) is 10.0 Å². The number of phenols is 1. The number of hydrogen-bond acceptors (Lipinski definition) is 7. The van der Waals surface area contributed by atoms with Crippen LogP contribution in [0.5, 0.6) is 5.75 Å². The quantitative estimate of drug-likeness (QED) is 0.299. The number of halogens is 2. The van der Waals surface area contributed by atoms with Crippen LogP contribution in [0, 0.1) is 0 Å². The normalized spacial score (nSPS) is 18.2. The average molecular weight is 504 g/mol. The van der Waals surface area contributed by atoms with Crippen molar-refractivity contribution in [3.8, 4) is 5.75 Å². The number of hydrogen-bond donors (Lipinski definition) is 5. The number of carboxylic acid groups (broad SMARTS) is 1. The number of amides is 3. The Hall–Kier alpha value is -2.89. The molecule has 3 amide bonds. The van der Waals surface area contributed by atoms with Crippen molar-refractivity contribution in [1.82, 2.24) is 15.5 Å². The summed E-state index contributed by atoms with van der Waals surface area (Å²) >= 11 is 11.6. The van der Waals surface area contributed by atoms with Gasteiger partial charge < -0.3 is 35.6 Å². The van der Waals surface area contributed by atoms with Crippen molar-refractivity contribution in [3.63, 3.8) is 0 Å². The van der Waals surface area contributed by atoms with Crippen LogP contribution in [0.15, 0.2) is 12.1 Å². The summed E-state index contributed by atoms with van der Waals surface area (Å²) in [7, 11) is 0. The number of aliphatic hydroxyl groups excluding tert-OH is 1. The Morgan fingerprint density at radius 1 is 1.21 bits per heavy atom. The van der Waals surface area contributed by atoms with E-state index in [0.29, 0.717) is 12.7 Å². The first kappa shape index (κ1) is 26.4. The van der Waals surface area contributed by atoms with E-state index in [9.17, 15) is 34.2 Å². The summed E-state index contributed by atoms with van der Waals surface area (Å²) in [5.41, 5.74) is -0.0699. The van der Waals surface area contributed by atoms with Gasteiger partial charge in [0, 0.05) is 12.1 Å². The molecule has 0 bridgehead atoms. The number of phenolic OH excluding ortho intramolecular Hbond substituents is 1. The van der Waals surface area contributed by atoms with Crippen LogP contribution in [0.1, 0.15) is 36.5 Å². The van der Waals surface area contributed by atoms with E-state index < -0.39 is 60.1 Å². The largest absolute Gasteiger partial charge is 0.505 e. The first-order chi connectivity index (χ1) is 15.5. The minimum atomic E-state index is -1.43. The number of aliphatic carboxylic acids is 1. The van der Waals surface area contributed by atoms with Gasteiger partial charge in [0.05, 0.1) is 28.6 Å². The highest BCUT2D eigenvalue weighted by molar-refractivity contribution is 6.37. The van der Waals surface area contributed by atoms with Crippen LogP contribution < -0.4 is 10.6 Å². The fourth-order valence-electron chi connectivity index (χ4n) is 3.39. The highest BCUT2D eigenvalue weighted by Gasteiger charge is 2.40. The zero-order chi connectivity index (χ0) is 24.9. The van der Waals surface area contributed by atoms with Gasteiger partial charge in [0.1, 0.15) is 18.4 Å². The smallest absolute Gasteiger partial charge is 0.305 e. The van der Waals surface area contributed by atoms with E-state index in [1.165, 1.54) is 6.92 Å². The number of benzene rings is 1. The third-order valence-corrected chi connectivity index (χ3v) is 5.62. The molecule has 33 heavy (non-hydrogen) atoms. The molecular formula is C20H23Cl2N3O8. The first-order valence-corrected chi connectivity index (χ1v) is 10.7. The lowest BCUT2D eigenvalue weighted by Gasteiger charge is -2.30. The SMILES string of the molecule is C[C@@H](O)[C@H](NC(=O)c1cc(Cl)c(O)c(Cl)c1)C(=O)N1CCCC1C(=O)NC(C=O)CC(=O)O. The Labute approximate surface area is 198 Å². The zero-order valence-electron chi connectivity index (χ0n) is 17.5. The summed E-state index contributed by atoms with van der Waals surface area (Å²) in [6.45, 7) is 1.43. The van der Waals surface area contributed by atoms with Crippen molar-refractivity contribution < 1.29 is 39.3 Å². The molecule has 1 aromatic rings. The lowest BCUT2D eigenvalue weighted by Crippen LogP contribution is -2.57. The van der Waals surface area contributed by atoms with Gasteiger partial charge in [0.2, 0.25) is 11.8 Å². The van der Waals surface area contributed by atoms with Gasteiger partial charge in [-0.3, -0.25) is 19.2 Å². The lowest BCUT2D eigenvalue weighted by atomic mass is 10.1. The summed E-state index contributed by atoms with van der Waals surface area (Å²) < 4.78 is 0. The van der Waals surface area contributed by atoms with Gasteiger partial charge in [-0.05, 0) is 31.9 Å². The minimum absolute atomic E-state index is 0.0699. The molecule has 180 valence electrons. The second kappa shape index (κ2) is 11.3. The minimum Gasteiger partial charge on any atom is -0.505 e. The monoisotopic (exact) mass is 503 g/mol. The maximum absolute atomic E-state index is 13.1. The predicted molar refractivity (Wildman–Crippen MR) is 116 cm³/mol. The number of carbonyl (C=O) groups excluding carboxylic acids is 4. The topological polar surface area (TPSA) is 173 Å². The Morgan fingerprint density at radius 3 is 2.33 bits per heavy atom. The molecule has 1 saturated heterocycles. The molecule has 2 unspecified atom stereocenters. The number of aromatic hydroxyl groups is 1. The van der Waals surface area contributed by atoms with Gasteiger partial charge in [-0.25, -0.2) is 0 Å². The molecule has 11 nitrogen and oxygen atoms in total. The van der Waals surface area contributed by atoms with Gasteiger partial charge >= 0.3 is 5.97 Å². The van der Waals surface area contributed by atoms with Crippen molar-refractivity contribution in [2.75, 3.05) is 6.54 Å². The molecule has 0 aromatic heterocycles. The van der Waals surface area contributed by atoms with Crippen molar-refractivity contribution in [2.24, 2.45) is 0 Å². The van der Waals surface area contributed by atoms with E-state index in [2.05, 4.69) is 10.6 Å². The first-order valence-electron chi connectivity index (χ1n) is 9.91. The molecule has 0 spiro atoms. The predicted octanol–water partition coefficient (Wildman–Crippen LogP) is 0.328. The summed E-state index contributed by atoms with van der Waals surface area (Å²) in [4.78, 5) is 61.4. The van der Waals surface area contributed by atoms with Gasteiger partial charge in [-0.2, -0.15) is 0 Å². The van der Waals surface area contributed by atoms with E-state index in [4.69, 9.17) is 28.3 Å². The summed E-state index contributed by atoms with van der Waals surface area (Å²) in [5, 5.41) is 32.9. The number of carbonyl (C=O) groups is 5. The molecule has 1 aliphatic rings. The molecule has 0 aliphatic carbocycles. The van der Waals surface area contributed by atoms with E-state index in [1.807, 2.05) is 0 Å². The van der Waals surface area contributed by atoms with Crippen LogP contribution in [0.3, 0.4) is 0 Å². The molecule has 1 aromatic carbocycles. The van der Waals surface area contributed by atoms with E-state index in [0.717, 1.165) is 17.0 Å². The van der Waals surface area contributed by atoms with E-state index in [1.54, 1.807) is 0 Å². The molecule has 1 fully saturated rings. The van der Waals surface area contributed by atoms with Crippen LogP contribution in [0.25, 0.3) is 0 Å². The second-order valence-corrected chi connectivity index (χ2v) is 8.33. The number of rotatable bonds is 9. The molecule has 1 heterocycles. The Balaban J connectivity index is 2.17. The maximum Gasteiger partial charge on any atom is 0.305 e. The summed E-state index contributed by atoms with van der Waals surface area (Å²) in [5.74, 6) is -3.96. The molecule has 1 aliphatic heterocycles. The molecule has 2 rings (SSSR count). The average Bonchev–Trinajstić information content (AvgIpc) is 3.23. The number of aldehydes is 1. The van der Waals surface area contributed by atoms with Crippen molar-refractivity contribution >= 4 is 53.2 Å². The van der Waals surface area contributed by atoms with Gasteiger partial charge in [-0.15, -0.1) is 0 Å². The number of nitrogens with zero attached hydrogens (tertiary/aromatic N) is 1. The Kier molecular flexibility index (Phi) is 9.03. The molecule has 4 atom stereocenters.